The molecule has 1 aromatic heterocycles. The van der Waals surface area contributed by atoms with Crippen molar-refractivity contribution in [2.45, 2.75) is 20.0 Å². The second-order valence-corrected chi connectivity index (χ2v) is 6.32. The zero-order valence-corrected chi connectivity index (χ0v) is 14.7. The molecule has 0 saturated carbocycles. The van der Waals surface area contributed by atoms with E-state index < -0.39 is 0 Å². The average Bonchev–Trinajstić information content (AvgIpc) is 2.59. The summed E-state index contributed by atoms with van der Waals surface area (Å²) in [6.07, 6.45) is 1.56. The van der Waals surface area contributed by atoms with Crippen molar-refractivity contribution in [3.8, 4) is 0 Å². The summed E-state index contributed by atoms with van der Waals surface area (Å²) in [4.78, 5) is 10.9. The molecule has 1 heterocycles. The lowest BCUT2D eigenvalue weighted by Crippen LogP contribution is -2.16. The zero-order chi connectivity index (χ0) is 16.9. The molecule has 3 aromatic rings. The molecule has 1 N–H and O–H groups in total. The summed E-state index contributed by atoms with van der Waals surface area (Å²) in [5, 5.41) is 5.07. The molecule has 0 unspecified atom stereocenters. The fraction of sp³-hybridized carbons (Fsp3) is 0.263. The Balaban J connectivity index is 1.75. The summed E-state index contributed by atoms with van der Waals surface area (Å²) >= 11 is 6.03. The van der Waals surface area contributed by atoms with Crippen LogP contribution in [0.15, 0.2) is 48.8 Å². The van der Waals surface area contributed by atoms with Crippen LogP contribution in [0.1, 0.15) is 18.1 Å². The molecule has 0 bridgehead atoms. The van der Waals surface area contributed by atoms with Crippen LogP contribution in [0.3, 0.4) is 0 Å². The number of rotatable bonds is 6. The topological polar surface area (TPSA) is 41.0 Å². The molecule has 0 aliphatic carbocycles. The predicted molar refractivity (Wildman–Crippen MR) is 100 cm³/mol. The van der Waals surface area contributed by atoms with Gasteiger partial charge in [-0.2, -0.15) is 0 Å². The van der Waals surface area contributed by atoms with Crippen LogP contribution in [0.5, 0.6) is 0 Å². The fourth-order valence-electron chi connectivity index (χ4n) is 2.62. The molecule has 4 nitrogen and oxygen atoms in total. The Morgan fingerprint density at radius 3 is 2.75 bits per heavy atom. The Bertz CT molecular complexity index is 834. The molecular weight excluding hydrogens is 320 g/mol. The molecule has 0 amide bonds. The standard InChI is InChI=1S/C19H21ClN4/c1-3-24(2)12-15-6-4-5-14(9-15)11-21-19-17-8-7-16(20)10-18(17)22-13-23-19/h4-10,13H,3,11-12H2,1-2H3,(H,21,22,23). The fourth-order valence-corrected chi connectivity index (χ4v) is 2.78. The molecule has 5 heteroatoms. The van der Waals surface area contributed by atoms with Crippen LogP contribution in [0.25, 0.3) is 10.9 Å². The quantitative estimate of drug-likeness (QED) is 0.724. The van der Waals surface area contributed by atoms with Crippen LogP contribution in [-0.4, -0.2) is 28.5 Å². The third-order valence-corrected chi connectivity index (χ3v) is 4.28. The van der Waals surface area contributed by atoms with Crippen molar-refractivity contribution in [2.24, 2.45) is 0 Å². The minimum Gasteiger partial charge on any atom is -0.365 e. The summed E-state index contributed by atoms with van der Waals surface area (Å²) in [5.74, 6) is 0.827. The van der Waals surface area contributed by atoms with E-state index in [0.29, 0.717) is 5.02 Å². The van der Waals surface area contributed by atoms with E-state index >= 15 is 0 Å². The SMILES string of the molecule is CCN(C)Cc1cccc(CNc2ncnc3cc(Cl)ccc23)c1. The largest absolute Gasteiger partial charge is 0.365 e. The van der Waals surface area contributed by atoms with Gasteiger partial charge in [-0.1, -0.05) is 42.8 Å². The molecule has 0 aliphatic heterocycles. The maximum absolute atomic E-state index is 6.03. The first-order valence-corrected chi connectivity index (χ1v) is 8.44. The lowest BCUT2D eigenvalue weighted by atomic mass is 10.1. The molecule has 0 spiro atoms. The van der Waals surface area contributed by atoms with Gasteiger partial charge in [0, 0.05) is 23.5 Å². The van der Waals surface area contributed by atoms with Crippen LogP contribution in [0, 0.1) is 0 Å². The van der Waals surface area contributed by atoms with Crippen molar-refractivity contribution in [1.82, 2.24) is 14.9 Å². The van der Waals surface area contributed by atoms with Gasteiger partial charge in [-0.15, -0.1) is 0 Å². The molecule has 0 atom stereocenters. The first-order valence-electron chi connectivity index (χ1n) is 8.06. The van der Waals surface area contributed by atoms with Gasteiger partial charge in [0.1, 0.15) is 12.1 Å². The van der Waals surface area contributed by atoms with Gasteiger partial charge in [0.25, 0.3) is 0 Å². The summed E-state index contributed by atoms with van der Waals surface area (Å²) in [7, 11) is 2.13. The van der Waals surface area contributed by atoms with E-state index in [4.69, 9.17) is 11.6 Å². The van der Waals surface area contributed by atoms with Gasteiger partial charge in [0.2, 0.25) is 0 Å². The number of anilines is 1. The van der Waals surface area contributed by atoms with E-state index in [9.17, 15) is 0 Å². The molecule has 2 aromatic carbocycles. The number of nitrogens with one attached hydrogen (secondary N) is 1. The lowest BCUT2D eigenvalue weighted by Gasteiger charge is -2.15. The van der Waals surface area contributed by atoms with E-state index in [1.54, 1.807) is 6.33 Å². The van der Waals surface area contributed by atoms with Crippen LogP contribution < -0.4 is 5.32 Å². The number of fused-ring (bicyclic) bond motifs is 1. The highest BCUT2D eigenvalue weighted by Crippen LogP contribution is 2.23. The molecule has 124 valence electrons. The summed E-state index contributed by atoms with van der Waals surface area (Å²) in [5.41, 5.74) is 3.40. The van der Waals surface area contributed by atoms with E-state index in [-0.39, 0.29) is 0 Å². The zero-order valence-electron chi connectivity index (χ0n) is 14.0. The molecule has 0 fully saturated rings. The van der Waals surface area contributed by atoms with Crippen molar-refractivity contribution in [3.05, 3.63) is 64.9 Å². The highest BCUT2D eigenvalue weighted by Gasteiger charge is 2.05. The maximum atomic E-state index is 6.03. The molecule has 0 radical (unpaired) electrons. The van der Waals surface area contributed by atoms with Gasteiger partial charge < -0.3 is 10.2 Å². The highest BCUT2D eigenvalue weighted by atomic mass is 35.5. The smallest absolute Gasteiger partial charge is 0.137 e. The maximum Gasteiger partial charge on any atom is 0.137 e. The van der Waals surface area contributed by atoms with E-state index in [1.165, 1.54) is 11.1 Å². The molecule has 3 rings (SSSR count). The average molecular weight is 341 g/mol. The molecule has 0 aliphatic rings. The minimum atomic E-state index is 0.680. The Hall–Kier alpha value is -2.17. The number of hydrogen-bond acceptors (Lipinski definition) is 4. The number of nitrogens with zero attached hydrogens (tertiary/aromatic N) is 3. The Morgan fingerprint density at radius 1 is 1.08 bits per heavy atom. The summed E-state index contributed by atoms with van der Waals surface area (Å²) in [6.45, 7) is 4.88. The first-order chi connectivity index (χ1) is 11.7. The summed E-state index contributed by atoms with van der Waals surface area (Å²) < 4.78 is 0. The van der Waals surface area contributed by atoms with Crippen molar-refractivity contribution in [3.63, 3.8) is 0 Å². The molecular formula is C19H21ClN4. The third kappa shape index (κ3) is 4.02. The number of hydrogen-bond donors (Lipinski definition) is 1. The van der Waals surface area contributed by atoms with Gasteiger partial charge in [0.15, 0.2) is 0 Å². The van der Waals surface area contributed by atoms with Crippen LogP contribution in [0.4, 0.5) is 5.82 Å². The van der Waals surface area contributed by atoms with Gasteiger partial charge in [-0.25, -0.2) is 9.97 Å². The van der Waals surface area contributed by atoms with Crippen molar-refractivity contribution in [1.29, 1.82) is 0 Å². The minimum absolute atomic E-state index is 0.680. The monoisotopic (exact) mass is 340 g/mol. The summed E-state index contributed by atoms with van der Waals surface area (Å²) in [6, 6.07) is 14.3. The van der Waals surface area contributed by atoms with E-state index in [1.807, 2.05) is 18.2 Å². The van der Waals surface area contributed by atoms with Crippen molar-refractivity contribution < 1.29 is 0 Å². The predicted octanol–water partition coefficient (Wildman–Crippen LogP) is 4.35. The van der Waals surface area contributed by atoms with Crippen molar-refractivity contribution in [2.75, 3.05) is 18.9 Å². The highest BCUT2D eigenvalue weighted by molar-refractivity contribution is 6.31. The van der Waals surface area contributed by atoms with Crippen LogP contribution in [0.2, 0.25) is 5.02 Å². The van der Waals surface area contributed by atoms with Crippen LogP contribution in [-0.2, 0) is 13.1 Å². The number of halogens is 1. The Morgan fingerprint density at radius 2 is 1.92 bits per heavy atom. The van der Waals surface area contributed by atoms with Crippen molar-refractivity contribution >= 4 is 28.3 Å². The van der Waals surface area contributed by atoms with Gasteiger partial charge in [0.05, 0.1) is 5.52 Å². The first kappa shape index (κ1) is 16.7. The Kier molecular flexibility index (Phi) is 5.28. The lowest BCUT2D eigenvalue weighted by molar-refractivity contribution is 0.345. The third-order valence-electron chi connectivity index (χ3n) is 4.04. The van der Waals surface area contributed by atoms with Gasteiger partial charge in [-0.05, 0) is 42.9 Å². The second-order valence-electron chi connectivity index (χ2n) is 5.89. The van der Waals surface area contributed by atoms with E-state index in [0.717, 1.165) is 36.4 Å². The second kappa shape index (κ2) is 7.60. The van der Waals surface area contributed by atoms with E-state index in [2.05, 4.69) is 58.4 Å². The molecule has 0 saturated heterocycles. The van der Waals surface area contributed by atoms with Gasteiger partial charge in [-0.3, -0.25) is 0 Å². The van der Waals surface area contributed by atoms with Gasteiger partial charge >= 0.3 is 0 Å². The number of aromatic nitrogens is 2. The Labute approximate surface area is 147 Å². The number of benzene rings is 2. The normalized spacial score (nSPS) is 11.2. The molecule has 24 heavy (non-hydrogen) atoms. The van der Waals surface area contributed by atoms with Crippen LogP contribution >= 0.6 is 11.6 Å².